The quantitative estimate of drug-likeness (QED) is 0.812. The van der Waals surface area contributed by atoms with Crippen LogP contribution in [-0.4, -0.2) is 15.1 Å². The van der Waals surface area contributed by atoms with Gasteiger partial charge in [-0.1, -0.05) is 29.8 Å². The van der Waals surface area contributed by atoms with E-state index in [9.17, 15) is 0 Å². The summed E-state index contributed by atoms with van der Waals surface area (Å²) in [5, 5.41) is 3.24. The molecule has 0 aliphatic heterocycles. The topological polar surface area (TPSA) is 34.4 Å². The Morgan fingerprint density at radius 3 is 2.41 bits per heavy atom. The number of methoxy groups -OCH3 is 1. The van der Waals surface area contributed by atoms with Crippen LogP contribution in [0.5, 0.6) is 5.95 Å². The highest BCUT2D eigenvalue weighted by atomic mass is 16.6. The first-order chi connectivity index (χ1) is 8.24. The smallest absolute Gasteiger partial charge is 0.284 e. The van der Waals surface area contributed by atoms with Gasteiger partial charge in [0.2, 0.25) is 0 Å². The summed E-state index contributed by atoms with van der Waals surface area (Å²) in [5.74, 6) is 1.39. The minimum atomic E-state index is 0.0551. The van der Waals surface area contributed by atoms with Crippen molar-refractivity contribution in [3.05, 3.63) is 53.3 Å². The molecule has 1 N–H and O–H groups in total. The largest absolute Gasteiger partial charge is 0.468 e. The molecule has 1 atom stereocenters. The molecule has 0 saturated heterocycles. The van der Waals surface area contributed by atoms with Crippen molar-refractivity contribution in [2.24, 2.45) is 0 Å². The van der Waals surface area contributed by atoms with Gasteiger partial charge in [-0.3, -0.25) is 0 Å². The van der Waals surface area contributed by atoms with Gasteiger partial charge in [0.05, 0.1) is 13.2 Å². The van der Waals surface area contributed by atoms with Crippen LogP contribution < -0.4 is 9.96 Å². The number of ether oxygens (including phenoxy) is 1. The summed E-state index contributed by atoms with van der Waals surface area (Å²) in [6, 6.07) is 12.2. The molecule has 0 aliphatic carbocycles. The molecule has 1 aromatic heterocycles. The highest BCUT2D eigenvalue weighted by Gasteiger charge is 2.15. The number of aryl methyl sites for hydroxylation is 1. The number of rotatable bonds is 4. The number of benzene rings is 1. The predicted molar refractivity (Wildman–Crippen MR) is 70.0 cm³/mol. The minimum absolute atomic E-state index is 0.0551. The standard InChI is InChI=1S/C13H16BNO2/c1-9-3-5-10(6-4-9)13(15-14)11-7-8-12(16-2)17-11/h3-8,13,15H,14H2,1-2H3. The minimum Gasteiger partial charge on any atom is -0.468 e. The summed E-state index contributed by atoms with van der Waals surface area (Å²) in [6.07, 6.45) is 0. The van der Waals surface area contributed by atoms with Crippen molar-refractivity contribution in [3.63, 3.8) is 0 Å². The Morgan fingerprint density at radius 1 is 1.18 bits per heavy atom. The number of nitrogens with one attached hydrogen (secondary N) is 1. The van der Waals surface area contributed by atoms with Crippen molar-refractivity contribution < 1.29 is 9.15 Å². The average molecular weight is 229 g/mol. The molecule has 1 aromatic carbocycles. The molecular weight excluding hydrogens is 213 g/mol. The van der Waals surface area contributed by atoms with Gasteiger partial charge in [-0.25, -0.2) is 0 Å². The fourth-order valence-corrected chi connectivity index (χ4v) is 1.83. The van der Waals surface area contributed by atoms with E-state index in [1.807, 2.05) is 20.1 Å². The van der Waals surface area contributed by atoms with Crippen LogP contribution in [0.2, 0.25) is 0 Å². The molecule has 2 aromatic rings. The van der Waals surface area contributed by atoms with E-state index in [1.54, 1.807) is 7.11 Å². The molecule has 4 heteroatoms. The van der Waals surface area contributed by atoms with Gasteiger partial charge in [-0.2, -0.15) is 0 Å². The Hall–Kier alpha value is -1.68. The van der Waals surface area contributed by atoms with Crippen LogP contribution in [0.3, 0.4) is 0 Å². The maximum Gasteiger partial charge on any atom is 0.284 e. The normalized spacial score (nSPS) is 12.4. The summed E-state index contributed by atoms with van der Waals surface area (Å²) < 4.78 is 10.6. The van der Waals surface area contributed by atoms with Crippen molar-refractivity contribution in [2.45, 2.75) is 13.0 Å². The Balaban J connectivity index is 2.29. The average Bonchev–Trinajstić information content (AvgIpc) is 2.81. The molecule has 0 fully saturated rings. The van der Waals surface area contributed by atoms with Gasteiger partial charge in [0.25, 0.3) is 5.95 Å². The van der Waals surface area contributed by atoms with E-state index >= 15 is 0 Å². The Labute approximate surface area is 102 Å². The zero-order valence-electron chi connectivity index (χ0n) is 10.4. The van der Waals surface area contributed by atoms with Gasteiger partial charge < -0.3 is 14.4 Å². The molecule has 2 rings (SSSR count). The molecule has 0 bridgehead atoms. The van der Waals surface area contributed by atoms with E-state index in [-0.39, 0.29) is 6.04 Å². The van der Waals surface area contributed by atoms with Crippen LogP contribution in [0.4, 0.5) is 0 Å². The predicted octanol–water partition coefficient (Wildman–Crippen LogP) is 1.82. The van der Waals surface area contributed by atoms with Crippen molar-refractivity contribution in [1.82, 2.24) is 5.23 Å². The van der Waals surface area contributed by atoms with Gasteiger partial charge in [0, 0.05) is 6.07 Å². The lowest BCUT2D eigenvalue weighted by Crippen LogP contribution is -2.18. The van der Waals surface area contributed by atoms with E-state index in [1.165, 1.54) is 11.1 Å². The Bertz CT molecular complexity index is 478. The second-order valence-corrected chi connectivity index (χ2v) is 3.99. The lowest BCUT2D eigenvalue weighted by Gasteiger charge is -2.14. The van der Waals surface area contributed by atoms with Gasteiger partial charge in [-0.05, 0) is 18.6 Å². The van der Waals surface area contributed by atoms with Crippen LogP contribution in [0.15, 0.2) is 40.8 Å². The third-order valence-corrected chi connectivity index (χ3v) is 2.79. The second kappa shape index (κ2) is 5.10. The van der Waals surface area contributed by atoms with Crippen LogP contribution >= 0.6 is 0 Å². The zero-order chi connectivity index (χ0) is 12.3. The number of hydrogen-bond acceptors (Lipinski definition) is 3. The summed E-state index contributed by atoms with van der Waals surface area (Å²) in [6.45, 7) is 2.08. The summed E-state index contributed by atoms with van der Waals surface area (Å²) in [4.78, 5) is 0. The zero-order valence-corrected chi connectivity index (χ0v) is 10.4. The number of hydrogen-bond donors (Lipinski definition) is 1. The summed E-state index contributed by atoms with van der Waals surface area (Å²) in [5.41, 5.74) is 2.43. The lowest BCUT2D eigenvalue weighted by molar-refractivity contribution is 0.290. The number of furan rings is 1. The highest BCUT2D eigenvalue weighted by molar-refractivity contribution is 6.04. The lowest BCUT2D eigenvalue weighted by atomic mass is 10.0. The molecule has 0 saturated carbocycles. The van der Waals surface area contributed by atoms with E-state index in [2.05, 4.69) is 36.4 Å². The maximum absolute atomic E-state index is 5.59. The van der Waals surface area contributed by atoms with Crippen molar-refractivity contribution in [1.29, 1.82) is 0 Å². The molecule has 0 amide bonds. The van der Waals surface area contributed by atoms with E-state index < -0.39 is 0 Å². The van der Waals surface area contributed by atoms with E-state index in [4.69, 9.17) is 9.15 Å². The third-order valence-electron chi connectivity index (χ3n) is 2.79. The van der Waals surface area contributed by atoms with Crippen molar-refractivity contribution in [2.75, 3.05) is 7.11 Å². The fraction of sp³-hybridized carbons (Fsp3) is 0.231. The molecule has 88 valence electrons. The molecule has 3 nitrogen and oxygen atoms in total. The Morgan fingerprint density at radius 2 is 1.88 bits per heavy atom. The van der Waals surface area contributed by atoms with Crippen LogP contribution in [-0.2, 0) is 0 Å². The monoisotopic (exact) mass is 229 g/mol. The molecule has 17 heavy (non-hydrogen) atoms. The molecule has 0 spiro atoms. The van der Waals surface area contributed by atoms with Crippen LogP contribution in [0.1, 0.15) is 22.9 Å². The summed E-state index contributed by atoms with van der Waals surface area (Å²) in [7, 11) is 3.52. The first kappa shape index (κ1) is 11.8. The maximum atomic E-state index is 5.59. The second-order valence-electron chi connectivity index (χ2n) is 3.99. The molecule has 1 heterocycles. The molecule has 0 aliphatic rings. The van der Waals surface area contributed by atoms with E-state index in [0.717, 1.165) is 5.76 Å². The fourth-order valence-electron chi connectivity index (χ4n) is 1.83. The van der Waals surface area contributed by atoms with Gasteiger partial charge in [0.15, 0.2) is 7.98 Å². The van der Waals surface area contributed by atoms with Crippen molar-refractivity contribution >= 4 is 7.98 Å². The Kier molecular flexibility index (Phi) is 3.54. The molecule has 0 radical (unpaired) electrons. The van der Waals surface area contributed by atoms with Crippen molar-refractivity contribution in [3.8, 4) is 5.95 Å². The van der Waals surface area contributed by atoms with Crippen LogP contribution in [0, 0.1) is 6.92 Å². The third kappa shape index (κ3) is 2.53. The van der Waals surface area contributed by atoms with Gasteiger partial charge in [-0.15, -0.1) is 0 Å². The van der Waals surface area contributed by atoms with Gasteiger partial charge >= 0.3 is 0 Å². The SMILES string of the molecule is BNC(c1ccc(C)cc1)c1ccc(OC)o1. The van der Waals surface area contributed by atoms with E-state index in [0.29, 0.717) is 5.95 Å². The molecular formula is C13H16BNO2. The first-order valence-electron chi connectivity index (χ1n) is 5.62. The first-order valence-corrected chi connectivity index (χ1v) is 5.62. The summed E-state index contributed by atoms with van der Waals surface area (Å²) >= 11 is 0. The van der Waals surface area contributed by atoms with Crippen LogP contribution in [0.25, 0.3) is 0 Å². The highest BCUT2D eigenvalue weighted by Crippen LogP contribution is 2.26. The molecule has 1 unspecified atom stereocenters. The van der Waals surface area contributed by atoms with Gasteiger partial charge in [0.1, 0.15) is 5.76 Å².